The van der Waals surface area contributed by atoms with Gasteiger partial charge in [0.2, 0.25) is 5.91 Å². The summed E-state index contributed by atoms with van der Waals surface area (Å²) in [4.78, 5) is 17.4. The number of amides is 1. The summed E-state index contributed by atoms with van der Waals surface area (Å²) in [6.07, 6.45) is 5.30. The Balaban J connectivity index is 2.44. The molecule has 7 heteroatoms. The fraction of sp³-hybridized carbons (Fsp3) is 0.417. The van der Waals surface area contributed by atoms with Crippen molar-refractivity contribution in [1.29, 1.82) is 0 Å². The van der Waals surface area contributed by atoms with Gasteiger partial charge in [-0.15, -0.1) is 6.58 Å². The molecule has 1 aromatic carbocycles. The van der Waals surface area contributed by atoms with Crippen molar-refractivity contribution < 1.29 is 15.0 Å². The van der Waals surface area contributed by atoms with Crippen molar-refractivity contribution in [2.24, 2.45) is 5.41 Å². The molecule has 1 heterocycles. The third-order valence-electron chi connectivity index (χ3n) is 5.61. The molecule has 1 amide bonds. The Morgan fingerprint density at radius 2 is 1.90 bits per heavy atom. The standard InChI is InChI=1S/C24H30Cl2N2O3/c1-4-10-24(3,23(31)28-20(5-2)15-29)12-21(17-11-19(26)14-27-13-17)22(30)16-6-8-18(25)9-7-16/h4,6-9,11,13-14,20-22,29-30H,1,5,10,12,15H2,2-3H3,(H,28,31)/t20-,21+,22-,24-/m0/s1. The Hall–Kier alpha value is -1.92. The second-order valence-electron chi connectivity index (χ2n) is 8.06. The molecule has 1 aromatic heterocycles. The highest BCUT2D eigenvalue weighted by molar-refractivity contribution is 6.30. The normalized spacial score (nSPS) is 16.1. The Morgan fingerprint density at radius 1 is 1.23 bits per heavy atom. The van der Waals surface area contributed by atoms with Crippen molar-refractivity contribution >= 4 is 29.1 Å². The zero-order valence-electron chi connectivity index (χ0n) is 17.9. The average Bonchev–Trinajstić information content (AvgIpc) is 2.76. The third kappa shape index (κ3) is 6.78. The first kappa shape index (κ1) is 25.3. The van der Waals surface area contributed by atoms with Crippen LogP contribution in [0.2, 0.25) is 10.0 Å². The van der Waals surface area contributed by atoms with E-state index in [-0.39, 0.29) is 18.6 Å². The number of aliphatic hydroxyl groups is 2. The lowest BCUT2D eigenvalue weighted by atomic mass is 9.73. The molecule has 0 fully saturated rings. The van der Waals surface area contributed by atoms with Gasteiger partial charge in [-0.1, -0.05) is 55.3 Å². The minimum atomic E-state index is -0.908. The Kier molecular flexibility index (Phi) is 9.51. The molecule has 4 atom stereocenters. The lowest BCUT2D eigenvalue weighted by Crippen LogP contribution is -2.46. The lowest BCUT2D eigenvalue weighted by Gasteiger charge is -2.35. The van der Waals surface area contributed by atoms with Crippen molar-refractivity contribution in [3.8, 4) is 0 Å². The average molecular weight is 465 g/mol. The number of carbonyl (C=O) groups excluding carboxylic acids is 1. The maximum atomic E-state index is 13.2. The van der Waals surface area contributed by atoms with E-state index in [1.165, 1.54) is 6.20 Å². The van der Waals surface area contributed by atoms with Gasteiger partial charge in [0.1, 0.15) is 0 Å². The first-order valence-corrected chi connectivity index (χ1v) is 11.1. The quantitative estimate of drug-likeness (QED) is 0.405. The molecule has 0 aliphatic carbocycles. The van der Waals surface area contributed by atoms with Crippen molar-refractivity contribution in [2.75, 3.05) is 6.61 Å². The largest absolute Gasteiger partial charge is 0.394 e. The highest BCUT2D eigenvalue weighted by atomic mass is 35.5. The van der Waals surface area contributed by atoms with E-state index in [1.807, 2.05) is 13.8 Å². The van der Waals surface area contributed by atoms with E-state index >= 15 is 0 Å². The predicted octanol–water partition coefficient (Wildman–Crippen LogP) is 5.07. The van der Waals surface area contributed by atoms with E-state index in [4.69, 9.17) is 23.2 Å². The number of halogens is 2. The number of hydrogen-bond acceptors (Lipinski definition) is 4. The molecule has 0 saturated carbocycles. The number of benzene rings is 1. The van der Waals surface area contributed by atoms with E-state index in [0.717, 1.165) is 5.56 Å². The van der Waals surface area contributed by atoms with Gasteiger partial charge in [-0.2, -0.15) is 0 Å². The van der Waals surface area contributed by atoms with E-state index in [1.54, 1.807) is 42.6 Å². The van der Waals surface area contributed by atoms with Crippen LogP contribution >= 0.6 is 23.2 Å². The van der Waals surface area contributed by atoms with Crippen molar-refractivity contribution in [3.05, 3.63) is 76.6 Å². The summed E-state index contributed by atoms with van der Waals surface area (Å²) in [5.74, 6) is -0.658. The predicted molar refractivity (Wildman–Crippen MR) is 125 cm³/mol. The molecule has 0 radical (unpaired) electrons. The Morgan fingerprint density at radius 3 is 2.45 bits per heavy atom. The number of hydrogen-bond donors (Lipinski definition) is 3. The smallest absolute Gasteiger partial charge is 0.226 e. The topological polar surface area (TPSA) is 82.5 Å². The van der Waals surface area contributed by atoms with Gasteiger partial charge in [0.05, 0.1) is 29.2 Å². The van der Waals surface area contributed by atoms with Gasteiger partial charge in [-0.05, 0) is 48.6 Å². The number of nitrogens with zero attached hydrogens (tertiary/aromatic N) is 1. The monoisotopic (exact) mass is 464 g/mol. The minimum Gasteiger partial charge on any atom is -0.394 e. The third-order valence-corrected chi connectivity index (χ3v) is 6.07. The Labute approximate surface area is 194 Å². The molecule has 31 heavy (non-hydrogen) atoms. The second kappa shape index (κ2) is 11.6. The molecule has 0 unspecified atom stereocenters. The molecule has 168 valence electrons. The van der Waals surface area contributed by atoms with Gasteiger partial charge in [-0.3, -0.25) is 9.78 Å². The number of rotatable bonds is 11. The highest BCUT2D eigenvalue weighted by Crippen LogP contribution is 2.42. The first-order chi connectivity index (χ1) is 14.7. The summed E-state index contributed by atoms with van der Waals surface area (Å²) in [6.45, 7) is 7.42. The number of aliphatic hydroxyl groups excluding tert-OH is 2. The lowest BCUT2D eigenvalue weighted by molar-refractivity contribution is -0.132. The molecule has 2 rings (SSSR count). The molecular weight excluding hydrogens is 435 g/mol. The van der Waals surface area contributed by atoms with Gasteiger partial charge in [0.25, 0.3) is 0 Å². The van der Waals surface area contributed by atoms with Crippen LogP contribution in [0.15, 0.2) is 55.4 Å². The maximum absolute atomic E-state index is 13.2. The van der Waals surface area contributed by atoms with Gasteiger partial charge in [-0.25, -0.2) is 0 Å². The molecular formula is C24H30Cl2N2O3. The van der Waals surface area contributed by atoms with E-state index in [9.17, 15) is 15.0 Å². The van der Waals surface area contributed by atoms with Crippen LogP contribution in [-0.4, -0.2) is 33.8 Å². The van der Waals surface area contributed by atoms with Gasteiger partial charge >= 0.3 is 0 Å². The summed E-state index contributed by atoms with van der Waals surface area (Å²) in [7, 11) is 0. The molecule has 0 spiro atoms. The zero-order chi connectivity index (χ0) is 23.0. The fourth-order valence-corrected chi connectivity index (χ4v) is 3.95. The van der Waals surface area contributed by atoms with Crippen LogP contribution in [-0.2, 0) is 4.79 Å². The summed E-state index contributed by atoms with van der Waals surface area (Å²) in [6, 6.07) is 8.40. The number of nitrogens with one attached hydrogen (secondary N) is 1. The number of carbonyl (C=O) groups is 1. The number of pyridine rings is 1. The van der Waals surface area contributed by atoms with Crippen LogP contribution in [0, 0.1) is 5.41 Å². The van der Waals surface area contributed by atoms with Gasteiger partial charge in [0, 0.05) is 23.3 Å². The summed E-state index contributed by atoms with van der Waals surface area (Å²) >= 11 is 12.2. The first-order valence-electron chi connectivity index (χ1n) is 10.3. The van der Waals surface area contributed by atoms with Crippen molar-refractivity contribution in [1.82, 2.24) is 10.3 Å². The number of allylic oxidation sites excluding steroid dienone is 1. The van der Waals surface area contributed by atoms with E-state index in [0.29, 0.717) is 34.9 Å². The summed E-state index contributed by atoms with van der Waals surface area (Å²) in [5.41, 5.74) is 0.537. The van der Waals surface area contributed by atoms with Crippen LogP contribution in [0.25, 0.3) is 0 Å². The van der Waals surface area contributed by atoms with Crippen LogP contribution < -0.4 is 5.32 Å². The van der Waals surface area contributed by atoms with Gasteiger partial charge in [0.15, 0.2) is 0 Å². The minimum absolute atomic E-state index is 0.137. The number of aromatic nitrogens is 1. The van der Waals surface area contributed by atoms with Crippen LogP contribution in [0.4, 0.5) is 0 Å². The highest BCUT2D eigenvalue weighted by Gasteiger charge is 2.38. The molecule has 0 aliphatic rings. The molecule has 5 nitrogen and oxygen atoms in total. The maximum Gasteiger partial charge on any atom is 0.226 e. The van der Waals surface area contributed by atoms with Crippen molar-refractivity contribution in [3.63, 3.8) is 0 Å². The summed E-state index contributed by atoms with van der Waals surface area (Å²) < 4.78 is 0. The fourth-order valence-electron chi connectivity index (χ4n) is 3.64. The van der Waals surface area contributed by atoms with Crippen LogP contribution in [0.3, 0.4) is 0 Å². The summed E-state index contributed by atoms with van der Waals surface area (Å²) in [5, 5.41) is 24.7. The molecule has 2 aromatic rings. The van der Waals surface area contributed by atoms with Crippen LogP contribution in [0.5, 0.6) is 0 Å². The zero-order valence-corrected chi connectivity index (χ0v) is 19.4. The molecule has 0 aliphatic heterocycles. The van der Waals surface area contributed by atoms with Crippen molar-refractivity contribution in [2.45, 2.75) is 51.2 Å². The van der Waals surface area contributed by atoms with Crippen LogP contribution in [0.1, 0.15) is 56.3 Å². The Bertz CT molecular complexity index is 871. The molecule has 0 saturated heterocycles. The van der Waals surface area contributed by atoms with E-state index in [2.05, 4.69) is 16.9 Å². The van der Waals surface area contributed by atoms with Gasteiger partial charge < -0.3 is 15.5 Å². The molecule has 0 bridgehead atoms. The van der Waals surface area contributed by atoms with E-state index < -0.39 is 17.4 Å². The molecule has 3 N–H and O–H groups in total. The second-order valence-corrected chi connectivity index (χ2v) is 8.93. The SMILES string of the molecule is C=CC[C@@](C)(C[C@H](c1cncc(Cl)c1)[C@@H](O)c1ccc(Cl)cc1)C(=O)N[C@@H](CC)CO.